The Morgan fingerprint density at radius 1 is 0.940 bits per heavy atom. The van der Waals surface area contributed by atoms with Crippen molar-refractivity contribution in [3.05, 3.63) is 107 Å². The van der Waals surface area contributed by atoms with Gasteiger partial charge in [-0.2, -0.15) is 0 Å². The van der Waals surface area contributed by atoms with Crippen LogP contribution in [-0.4, -0.2) is 113 Å². The first-order valence-electron chi connectivity index (χ1n) is 23.7. The molecule has 0 radical (unpaired) electrons. The lowest BCUT2D eigenvalue weighted by Gasteiger charge is -2.25. The third-order valence-corrected chi connectivity index (χ3v) is 12.8. The number of carbonyl (C=O) groups is 6. The Morgan fingerprint density at radius 2 is 1.70 bits per heavy atom. The lowest BCUT2D eigenvalue weighted by Crippen LogP contribution is -2.53. The predicted octanol–water partition coefficient (Wildman–Crippen LogP) is 4.20. The number of nitrogens with zero attached hydrogens (tertiary/aromatic N) is 3. The molecule has 3 heterocycles. The highest BCUT2D eigenvalue weighted by molar-refractivity contribution is 5.93. The van der Waals surface area contributed by atoms with Crippen LogP contribution in [0.1, 0.15) is 87.1 Å². The van der Waals surface area contributed by atoms with Gasteiger partial charge in [0.1, 0.15) is 18.5 Å². The molecule has 4 aromatic rings. The molecule has 67 heavy (non-hydrogen) atoms. The Hall–Kier alpha value is -6.13. The third kappa shape index (κ3) is 14.7. The number of rotatable bonds is 18. The number of amides is 6. The van der Waals surface area contributed by atoms with Gasteiger partial charge in [-0.3, -0.25) is 28.8 Å². The van der Waals surface area contributed by atoms with Crippen LogP contribution in [0.2, 0.25) is 0 Å². The molecule has 2 aliphatic rings. The van der Waals surface area contributed by atoms with Gasteiger partial charge >= 0.3 is 0 Å². The molecule has 1 fully saturated rings. The molecule has 3 aromatic carbocycles. The number of fused-ring (bicyclic) bond motifs is 5. The number of hydrogen-bond acceptors (Lipinski definition) is 8. The summed E-state index contributed by atoms with van der Waals surface area (Å²) < 4.78 is 21.8. The van der Waals surface area contributed by atoms with E-state index in [1.165, 1.54) is 11.6 Å². The molecule has 6 amide bonds. The summed E-state index contributed by atoms with van der Waals surface area (Å²) in [6.07, 6.45) is 7.23. The molecule has 16 heteroatoms. The molecule has 0 spiro atoms. The maximum Gasteiger partial charge on any atom is 0.246 e. The Bertz CT molecular complexity index is 2350. The minimum Gasteiger partial charge on any atom is -0.366 e. The zero-order chi connectivity index (χ0) is 47.9. The number of unbranched alkanes of at least 4 members (excludes halogenated alkanes) is 3. The van der Waals surface area contributed by atoms with Gasteiger partial charge in [0, 0.05) is 69.2 Å². The van der Waals surface area contributed by atoms with Crippen molar-refractivity contribution in [3.63, 3.8) is 0 Å². The molecule has 0 aliphatic carbocycles. The van der Waals surface area contributed by atoms with E-state index in [0.717, 1.165) is 66.2 Å². The quantitative estimate of drug-likeness (QED) is 0.0921. The van der Waals surface area contributed by atoms with Crippen LogP contribution in [0, 0.1) is 12.7 Å². The van der Waals surface area contributed by atoms with E-state index in [0.29, 0.717) is 31.6 Å². The molecule has 4 atom stereocenters. The Morgan fingerprint density at radius 3 is 2.49 bits per heavy atom. The average Bonchev–Trinajstić information content (AvgIpc) is 3.85. The third-order valence-electron chi connectivity index (χ3n) is 12.8. The van der Waals surface area contributed by atoms with Crippen LogP contribution in [0.3, 0.4) is 0 Å². The molecule has 1 saturated heterocycles. The second kappa shape index (κ2) is 24.6. The second-order valence-electron chi connectivity index (χ2n) is 17.8. The van der Waals surface area contributed by atoms with Crippen molar-refractivity contribution in [2.24, 2.45) is 0 Å². The lowest BCUT2D eigenvalue weighted by molar-refractivity contribution is -0.135. The maximum absolute atomic E-state index is 13.8. The number of halogens is 1. The highest BCUT2D eigenvalue weighted by Gasteiger charge is 2.35. The maximum atomic E-state index is 13.8. The Labute approximate surface area is 392 Å². The van der Waals surface area contributed by atoms with Gasteiger partial charge in [-0.25, -0.2) is 4.39 Å². The van der Waals surface area contributed by atoms with Crippen molar-refractivity contribution >= 4 is 46.3 Å². The van der Waals surface area contributed by atoms with E-state index >= 15 is 0 Å². The standard InChI is InChI=1S/C51H67FN8O7/c1-5-37-13-15-38(16-14-37)32-59(23-9-7-6-8-22-58-31-34(2)42-27-41(52)17-18-44(42)58)48(63)19-21-53-35(3)50(65)55-29-46(61)57-43-26-39-11-10-12-40(25-39)28-54-47(62)33-67-45-20-24-60(36(45)4)49(64)30-56-51(43)66/h10-18,25,27,31,35-36,43,45,53H,5-9,19-24,26,28-30,32-33H2,1-4H3,(H,54,62)(H,55,65)(H,56,66)(H,57,61)/t35-,36?,43-,45-/m0/s1. The zero-order valence-corrected chi connectivity index (χ0v) is 39.3. The minimum atomic E-state index is -1.07. The van der Waals surface area contributed by atoms with Crippen molar-refractivity contribution in [3.8, 4) is 0 Å². The molecule has 6 rings (SSSR count). The number of hydrogen-bond donors (Lipinski definition) is 5. The number of aryl methyl sites for hydroxylation is 3. The lowest BCUT2D eigenvalue weighted by atomic mass is 10.0. The van der Waals surface area contributed by atoms with Crippen molar-refractivity contribution in [2.75, 3.05) is 39.3 Å². The van der Waals surface area contributed by atoms with Crippen LogP contribution in [0.5, 0.6) is 0 Å². The first-order chi connectivity index (χ1) is 32.3. The monoisotopic (exact) mass is 923 g/mol. The summed E-state index contributed by atoms with van der Waals surface area (Å²) in [7, 11) is 0. The van der Waals surface area contributed by atoms with Crippen molar-refractivity contribution in [1.29, 1.82) is 0 Å². The fourth-order valence-electron chi connectivity index (χ4n) is 8.80. The van der Waals surface area contributed by atoms with Gasteiger partial charge in [0.05, 0.1) is 31.3 Å². The molecule has 15 nitrogen and oxygen atoms in total. The fraction of sp³-hybridized carbons (Fsp3) is 0.490. The summed E-state index contributed by atoms with van der Waals surface area (Å²) in [6.45, 7) is 9.58. The molecule has 4 bridgehead atoms. The van der Waals surface area contributed by atoms with Gasteiger partial charge in [0.25, 0.3) is 0 Å². The molecule has 2 aliphatic heterocycles. The fourth-order valence-corrected chi connectivity index (χ4v) is 8.80. The van der Waals surface area contributed by atoms with Gasteiger partial charge < -0.3 is 45.7 Å². The molecule has 0 saturated carbocycles. The van der Waals surface area contributed by atoms with Crippen molar-refractivity contribution in [2.45, 2.75) is 123 Å². The minimum absolute atomic E-state index is 0.0336. The summed E-state index contributed by atoms with van der Waals surface area (Å²) in [5, 5.41) is 14.9. The van der Waals surface area contributed by atoms with Crippen LogP contribution < -0.4 is 26.6 Å². The van der Waals surface area contributed by atoms with Crippen LogP contribution in [0.4, 0.5) is 4.39 Å². The van der Waals surface area contributed by atoms with Crippen LogP contribution in [0.15, 0.2) is 72.9 Å². The second-order valence-corrected chi connectivity index (χ2v) is 17.8. The average molecular weight is 923 g/mol. The zero-order valence-electron chi connectivity index (χ0n) is 39.3. The van der Waals surface area contributed by atoms with Gasteiger partial charge in [-0.1, -0.05) is 68.3 Å². The van der Waals surface area contributed by atoms with E-state index in [1.807, 2.05) is 36.9 Å². The van der Waals surface area contributed by atoms with E-state index < -0.39 is 36.3 Å². The number of benzene rings is 3. The van der Waals surface area contributed by atoms with E-state index in [1.54, 1.807) is 30.0 Å². The number of carbonyl (C=O) groups excluding carboxylic acids is 6. The molecule has 1 unspecified atom stereocenters. The van der Waals surface area contributed by atoms with Gasteiger partial charge in [-0.15, -0.1) is 0 Å². The summed E-state index contributed by atoms with van der Waals surface area (Å²) in [6, 6.07) is 18.4. The normalized spacial score (nSPS) is 18.5. The van der Waals surface area contributed by atoms with Gasteiger partial charge in [0.15, 0.2) is 0 Å². The van der Waals surface area contributed by atoms with E-state index in [4.69, 9.17) is 4.74 Å². The van der Waals surface area contributed by atoms with Crippen LogP contribution >= 0.6 is 0 Å². The van der Waals surface area contributed by atoms with Crippen molar-refractivity contribution < 1.29 is 37.9 Å². The summed E-state index contributed by atoms with van der Waals surface area (Å²) in [5.41, 5.74) is 5.86. The SMILES string of the molecule is CCc1ccc(CN(CCCCCCn2cc(C)c3cc(F)ccc32)C(=O)CCN[C@@H](C)C(=O)NCC(=O)N[C@H]2Cc3cccc(c3)CNC(=O)CO[C@H]3CCN(C(=O)CNC2=O)C3C)cc1. The first-order valence-corrected chi connectivity index (χ1v) is 23.7. The first kappa shape index (κ1) is 50.3. The number of nitrogens with one attached hydrogen (secondary N) is 5. The molecule has 5 N–H and O–H groups in total. The number of aromatic nitrogens is 1. The van der Waals surface area contributed by atoms with Crippen LogP contribution in [-0.2, 0) is 66.0 Å². The Balaban J connectivity index is 0.971. The highest BCUT2D eigenvalue weighted by Crippen LogP contribution is 2.23. The molecular formula is C51H67FN8O7. The van der Waals surface area contributed by atoms with Gasteiger partial charge in [-0.05, 0) is 92.5 Å². The van der Waals surface area contributed by atoms with E-state index in [-0.39, 0.29) is 74.8 Å². The van der Waals surface area contributed by atoms with Crippen LogP contribution in [0.25, 0.3) is 10.9 Å². The summed E-state index contributed by atoms with van der Waals surface area (Å²) >= 11 is 0. The largest absolute Gasteiger partial charge is 0.366 e. The van der Waals surface area contributed by atoms with Crippen molar-refractivity contribution in [1.82, 2.24) is 41.0 Å². The summed E-state index contributed by atoms with van der Waals surface area (Å²) in [5.74, 6) is -2.47. The van der Waals surface area contributed by atoms with Gasteiger partial charge in [0.2, 0.25) is 35.4 Å². The predicted molar refractivity (Wildman–Crippen MR) is 254 cm³/mol. The van der Waals surface area contributed by atoms with E-state index in [9.17, 15) is 33.2 Å². The van der Waals surface area contributed by atoms with E-state index in [2.05, 4.69) is 68.5 Å². The Kier molecular flexibility index (Phi) is 18.5. The molecule has 1 aromatic heterocycles. The topological polar surface area (TPSA) is 183 Å². The smallest absolute Gasteiger partial charge is 0.246 e. The summed E-state index contributed by atoms with van der Waals surface area (Å²) in [4.78, 5) is 82.8. The molecule has 360 valence electrons. The highest BCUT2D eigenvalue weighted by atomic mass is 19.1. The molecular weight excluding hydrogens is 856 g/mol. The number of ether oxygens (including phenoxy) is 1.